The molecule has 1 heterocycles. The van der Waals surface area contributed by atoms with Crippen molar-refractivity contribution in [3.8, 4) is 11.1 Å². The fraction of sp³-hybridized carbons (Fsp3) is 0. The third kappa shape index (κ3) is 1.91. The summed E-state index contributed by atoms with van der Waals surface area (Å²) in [5.74, 6) is -0.242. The van der Waals surface area contributed by atoms with E-state index in [9.17, 15) is 4.39 Å². The second kappa shape index (κ2) is 4.61. The minimum absolute atomic E-state index is 0.242. The van der Waals surface area contributed by atoms with Crippen LogP contribution in [0.1, 0.15) is 0 Å². The van der Waals surface area contributed by atoms with Gasteiger partial charge < -0.3 is 4.42 Å². The predicted molar refractivity (Wildman–Crippen MR) is 84.1 cm³/mol. The third-order valence-electron chi connectivity index (χ3n) is 3.62. The van der Waals surface area contributed by atoms with Crippen molar-refractivity contribution in [2.45, 2.75) is 0 Å². The van der Waals surface area contributed by atoms with Gasteiger partial charge in [-0.05, 0) is 29.8 Å². The van der Waals surface area contributed by atoms with Crippen molar-refractivity contribution in [2.75, 3.05) is 0 Å². The second-order valence-electron chi connectivity index (χ2n) is 4.90. The molecule has 4 rings (SSSR count). The summed E-state index contributed by atoms with van der Waals surface area (Å²) >= 11 is 6.01. The molecule has 3 heteroatoms. The van der Waals surface area contributed by atoms with Crippen molar-refractivity contribution >= 4 is 33.5 Å². The van der Waals surface area contributed by atoms with Crippen molar-refractivity contribution in [2.24, 2.45) is 0 Å². The highest BCUT2D eigenvalue weighted by Gasteiger charge is 2.14. The summed E-state index contributed by atoms with van der Waals surface area (Å²) in [6, 6.07) is 17.9. The maximum atomic E-state index is 14.1. The Labute approximate surface area is 125 Å². The van der Waals surface area contributed by atoms with Crippen LogP contribution in [0.5, 0.6) is 0 Å². The lowest BCUT2D eigenvalue weighted by Gasteiger charge is -2.05. The van der Waals surface area contributed by atoms with Crippen molar-refractivity contribution in [3.63, 3.8) is 0 Å². The maximum absolute atomic E-state index is 14.1. The van der Waals surface area contributed by atoms with Gasteiger partial charge in [0.15, 0.2) is 0 Å². The van der Waals surface area contributed by atoms with Crippen LogP contribution in [0.3, 0.4) is 0 Å². The van der Waals surface area contributed by atoms with E-state index in [4.69, 9.17) is 16.0 Å². The smallest absolute Gasteiger partial charge is 0.136 e. The minimum atomic E-state index is -0.242. The van der Waals surface area contributed by atoms with Crippen LogP contribution in [-0.4, -0.2) is 0 Å². The van der Waals surface area contributed by atoms with Crippen LogP contribution >= 0.6 is 11.6 Å². The largest absolute Gasteiger partial charge is 0.456 e. The fourth-order valence-corrected chi connectivity index (χ4v) is 2.87. The number of hydrogen-bond acceptors (Lipinski definition) is 1. The molecule has 0 radical (unpaired) electrons. The molecule has 0 atom stereocenters. The van der Waals surface area contributed by atoms with E-state index in [1.807, 2.05) is 36.4 Å². The van der Waals surface area contributed by atoms with E-state index < -0.39 is 0 Å². The first-order chi connectivity index (χ1) is 10.2. The average Bonchev–Trinajstić information content (AvgIpc) is 2.85. The Morgan fingerprint density at radius 2 is 1.62 bits per heavy atom. The van der Waals surface area contributed by atoms with E-state index in [1.54, 1.807) is 18.2 Å². The van der Waals surface area contributed by atoms with Crippen LogP contribution in [-0.2, 0) is 0 Å². The summed E-state index contributed by atoms with van der Waals surface area (Å²) in [5, 5.41) is 2.47. The fourth-order valence-electron chi connectivity index (χ4n) is 2.70. The number of rotatable bonds is 1. The van der Waals surface area contributed by atoms with E-state index in [1.165, 1.54) is 6.07 Å². The number of fused-ring (bicyclic) bond motifs is 3. The van der Waals surface area contributed by atoms with Gasteiger partial charge in [0.2, 0.25) is 0 Å². The lowest BCUT2D eigenvalue weighted by atomic mass is 9.99. The highest BCUT2D eigenvalue weighted by molar-refractivity contribution is 6.31. The van der Waals surface area contributed by atoms with Gasteiger partial charge in [0, 0.05) is 27.4 Å². The van der Waals surface area contributed by atoms with Gasteiger partial charge in [0.25, 0.3) is 0 Å². The predicted octanol–water partition coefficient (Wildman–Crippen LogP) is 6.05. The van der Waals surface area contributed by atoms with E-state index >= 15 is 0 Å². The Morgan fingerprint density at radius 3 is 2.48 bits per heavy atom. The standard InChI is InChI=1S/C18H10ClFO/c19-11-8-9-14-17(10-11)21-16-7-3-5-13(18(14)16)12-4-1-2-6-15(12)20/h1-10H. The van der Waals surface area contributed by atoms with E-state index in [-0.39, 0.29) is 5.82 Å². The lowest BCUT2D eigenvalue weighted by Crippen LogP contribution is -1.84. The van der Waals surface area contributed by atoms with Gasteiger partial charge in [-0.3, -0.25) is 0 Å². The number of hydrogen-bond donors (Lipinski definition) is 0. The highest BCUT2D eigenvalue weighted by Crippen LogP contribution is 2.38. The van der Waals surface area contributed by atoms with Crippen LogP contribution in [0.2, 0.25) is 5.02 Å². The quantitative estimate of drug-likeness (QED) is 0.417. The molecule has 0 aliphatic carbocycles. The molecule has 3 aromatic carbocycles. The SMILES string of the molecule is Fc1ccccc1-c1cccc2oc3cc(Cl)ccc3c12. The van der Waals surface area contributed by atoms with Gasteiger partial charge in [-0.15, -0.1) is 0 Å². The van der Waals surface area contributed by atoms with E-state index in [0.717, 1.165) is 21.9 Å². The summed E-state index contributed by atoms with van der Waals surface area (Å²) in [5.41, 5.74) is 2.83. The zero-order chi connectivity index (χ0) is 14.4. The van der Waals surface area contributed by atoms with Crippen LogP contribution in [0, 0.1) is 5.82 Å². The normalized spacial score (nSPS) is 11.3. The Hall–Kier alpha value is -2.32. The zero-order valence-corrected chi connectivity index (χ0v) is 11.7. The monoisotopic (exact) mass is 296 g/mol. The van der Waals surface area contributed by atoms with Crippen LogP contribution in [0.15, 0.2) is 65.1 Å². The second-order valence-corrected chi connectivity index (χ2v) is 5.34. The molecular weight excluding hydrogens is 287 g/mol. The van der Waals surface area contributed by atoms with Gasteiger partial charge in [0.1, 0.15) is 17.0 Å². The summed E-state index contributed by atoms with van der Waals surface area (Å²) in [6.45, 7) is 0. The molecule has 0 unspecified atom stereocenters. The molecule has 0 saturated heterocycles. The molecule has 1 aromatic heterocycles. The molecule has 0 bridgehead atoms. The molecule has 21 heavy (non-hydrogen) atoms. The first kappa shape index (κ1) is 12.4. The lowest BCUT2D eigenvalue weighted by molar-refractivity contribution is 0.631. The molecule has 0 N–H and O–H groups in total. The molecule has 0 saturated carbocycles. The molecule has 0 aliphatic rings. The topological polar surface area (TPSA) is 13.1 Å². The van der Waals surface area contributed by atoms with Gasteiger partial charge in [-0.1, -0.05) is 41.9 Å². The maximum Gasteiger partial charge on any atom is 0.136 e. The number of furan rings is 1. The third-order valence-corrected chi connectivity index (χ3v) is 3.86. The Bertz CT molecular complexity index is 971. The first-order valence-corrected chi connectivity index (χ1v) is 6.97. The summed E-state index contributed by atoms with van der Waals surface area (Å²) in [6.07, 6.45) is 0. The zero-order valence-electron chi connectivity index (χ0n) is 10.9. The van der Waals surface area contributed by atoms with Crippen LogP contribution < -0.4 is 0 Å². The number of benzene rings is 3. The first-order valence-electron chi connectivity index (χ1n) is 6.60. The molecule has 0 aliphatic heterocycles. The van der Waals surface area contributed by atoms with Gasteiger partial charge in [0.05, 0.1) is 0 Å². The Kier molecular flexibility index (Phi) is 2.72. The molecule has 102 valence electrons. The van der Waals surface area contributed by atoms with Gasteiger partial charge in [-0.25, -0.2) is 4.39 Å². The summed E-state index contributed by atoms with van der Waals surface area (Å²) in [4.78, 5) is 0. The van der Waals surface area contributed by atoms with Crippen molar-refractivity contribution in [1.82, 2.24) is 0 Å². The molecule has 4 aromatic rings. The molecular formula is C18H10ClFO. The molecule has 0 amide bonds. The minimum Gasteiger partial charge on any atom is -0.456 e. The molecule has 0 spiro atoms. The van der Waals surface area contributed by atoms with E-state index in [0.29, 0.717) is 16.2 Å². The molecule has 0 fully saturated rings. The van der Waals surface area contributed by atoms with Crippen molar-refractivity contribution in [3.05, 3.63) is 71.5 Å². The van der Waals surface area contributed by atoms with Crippen molar-refractivity contribution in [1.29, 1.82) is 0 Å². The van der Waals surface area contributed by atoms with Crippen LogP contribution in [0.25, 0.3) is 33.1 Å². The Morgan fingerprint density at radius 1 is 0.810 bits per heavy atom. The van der Waals surface area contributed by atoms with Crippen LogP contribution in [0.4, 0.5) is 4.39 Å². The highest BCUT2D eigenvalue weighted by atomic mass is 35.5. The molecule has 1 nitrogen and oxygen atoms in total. The Balaban J connectivity index is 2.15. The van der Waals surface area contributed by atoms with Gasteiger partial charge >= 0.3 is 0 Å². The van der Waals surface area contributed by atoms with Gasteiger partial charge in [-0.2, -0.15) is 0 Å². The number of halogens is 2. The average molecular weight is 297 g/mol. The summed E-state index contributed by atoms with van der Waals surface area (Å²) < 4.78 is 20.0. The summed E-state index contributed by atoms with van der Waals surface area (Å²) in [7, 11) is 0. The van der Waals surface area contributed by atoms with Crippen molar-refractivity contribution < 1.29 is 8.81 Å². The van der Waals surface area contributed by atoms with E-state index in [2.05, 4.69) is 0 Å².